The maximum absolute atomic E-state index is 10.3. The van der Waals surface area contributed by atoms with Crippen molar-refractivity contribution in [2.45, 2.75) is 25.4 Å². The first-order chi connectivity index (χ1) is 8.62. The molecule has 1 aliphatic carbocycles. The summed E-state index contributed by atoms with van der Waals surface area (Å²) in [4.78, 5) is 4.12. The zero-order chi connectivity index (χ0) is 13.0. The standard InChI is InChI=1S/C13H21N3O2/c1-13(17,11-4-3-7-18-11)9-16-12(14-2)15-8-10-5-6-10/h3-4,7,10,17H,5-6,8-9H2,1-2H3,(H2,14,15,16). The number of rotatable bonds is 5. The zero-order valence-corrected chi connectivity index (χ0v) is 10.9. The summed E-state index contributed by atoms with van der Waals surface area (Å²) in [6.07, 6.45) is 4.16. The molecule has 1 aromatic rings. The molecule has 0 spiro atoms. The molecule has 1 fully saturated rings. The first kappa shape index (κ1) is 13.0. The van der Waals surface area contributed by atoms with Crippen molar-refractivity contribution < 1.29 is 9.52 Å². The van der Waals surface area contributed by atoms with Gasteiger partial charge in [-0.25, -0.2) is 0 Å². The summed E-state index contributed by atoms with van der Waals surface area (Å²) in [5, 5.41) is 16.6. The van der Waals surface area contributed by atoms with Crippen LogP contribution in [-0.2, 0) is 5.60 Å². The van der Waals surface area contributed by atoms with E-state index in [-0.39, 0.29) is 0 Å². The van der Waals surface area contributed by atoms with Gasteiger partial charge < -0.3 is 20.2 Å². The fourth-order valence-corrected chi connectivity index (χ4v) is 1.71. The fourth-order valence-electron chi connectivity index (χ4n) is 1.71. The van der Waals surface area contributed by atoms with E-state index in [1.54, 1.807) is 32.4 Å². The first-order valence-corrected chi connectivity index (χ1v) is 6.33. The lowest BCUT2D eigenvalue weighted by Crippen LogP contribution is -2.44. The molecule has 18 heavy (non-hydrogen) atoms. The third-order valence-electron chi connectivity index (χ3n) is 3.13. The van der Waals surface area contributed by atoms with Crippen LogP contribution in [0, 0.1) is 5.92 Å². The average molecular weight is 251 g/mol. The number of guanidine groups is 1. The van der Waals surface area contributed by atoms with Gasteiger partial charge in [-0.3, -0.25) is 4.99 Å². The van der Waals surface area contributed by atoms with Crippen LogP contribution in [0.4, 0.5) is 0 Å². The molecule has 5 nitrogen and oxygen atoms in total. The molecule has 1 heterocycles. The van der Waals surface area contributed by atoms with E-state index < -0.39 is 5.60 Å². The number of aliphatic imine (C=N–C) groups is 1. The lowest BCUT2D eigenvalue weighted by molar-refractivity contribution is 0.0386. The third-order valence-corrected chi connectivity index (χ3v) is 3.13. The van der Waals surface area contributed by atoms with Crippen LogP contribution < -0.4 is 10.6 Å². The summed E-state index contributed by atoms with van der Waals surface area (Å²) in [5.41, 5.74) is -1.04. The molecule has 5 heteroatoms. The Morgan fingerprint density at radius 3 is 2.89 bits per heavy atom. The highest BCUT2D eigenvalue weighted by Gasteiger charge is 2.27. The summed E-state index contributed by atoms with van der Waals surface area (Å²) in [6.45, 7) is 3.01. The van der Waals surface area contributed by atoms with Crippen molar-refractivity contribution >= 4 is 5.96 Å². The highest BCUT2D eigenvalue weighted by molar-refractivity contribution is 5.79. The predicted molar refractivity (Wildman–Crippen MR) is 70.4 cm³/mol. The molecular formula is C13H21N3O2. The molecule has 1 saturated carbocycles. The average Bonchev–Trinajstić information content (AvgIpc) is 3.00. The summed E-state index contributed by atoms with van der Waals surface area (Å²) < 4.78 is 5.22. The second kappa shape index (κ2) is 5.44. The molecule has 1 atom stereocenters. The fraction of sp³-hybridized carbons (Fsp3) is 0.615. The van der Waals surface area contributed by atoms with Crippen molar-refractivity contribution in [3.8, 4) is 0 Å². The number of furan rings is 1. The van der Waals surface area contributed by atoms with E-state index >= 15 is 0 Å². The summed E-state index contributed by atoms with van der Waals surface area (Å²) in [5.74, 6) is 2.05. The third kappa shape index (κ3) is 3.50. The number of aliphatic hydroxyl groups is 1. The largest absolute Gasteiger partial charge is 0.466 e. The molecule has 100 valence electrons. The van der Waals surface area contributed by atoms with E-state index in [4.69, 9.17) is 4.42 Å². The van der Waals surface area contributed by atoms with Crippen molar-refractivity contribution in [2.75, 3.05) is 20.1 Å². The molecule has 0 amide bonds. The maximum atomic E-state index is 10.3. The number of hydrogen-bond donors (Lipinski definition) is 3. The Hall–Kier alpha value is -1.49. The molecule has 2 rings (SSSR count). The van der Waals surface area contributed by atoms with Gasteiger partial charge in [0.25, 0.3) is 0 Å². The predicted octanol–water partition coefficient (Wildman–Crippen LogP) is 1.06. The van der Waals surface area contributed by atoms with Crippen LogP contribution in [0.15, 0.2) is 27.8 Å². The molecule has 1 aromatic heterocycles. The molecule has 1 unspecified atom stereocenters. The Morgan fingerprint density at radius 1 is 1.56 bits per heavy atom. The van der Waals surface area contributed by atoms with E-state index in [2.05, 4.69) is 15.6 Å². The summed E-state index contributed by atoms with van der Waals surface area (Å²) in [7, 11) is 1.73. The van der Waals surface area contributed by atoms with Gasteiger partial charge in [0.2, 0.25) is 0 Å². The Bertz CT molecular complexity index is 394. The molecule has 0 bridgehead atoms. The van der Waals surface area contributed by atoms with E-state index in [0.29, 0.717) is 18.3 Å². The molecule has 0 aliphatic heterocycles. The Kier molecular flexibility index (Phi) is 3.91. The van der Waals surface area contributed by atoms with Crippen molar-refractivity contribution in [3.05, 3.63) is 24.2 Å². The van der Waals surface area contributed by atoms with Gasteiger partial charge in [0, 0.05) is 13.6 Å². The molecule has 0 aromatic carbocycles. The van der Waals surface area contributed by atoms with Gasteiger partial charge in [-0.15, -0.1) is 0 Å². The summed E-state index contributed by atoms with van der Waals surface area (Å²) >= 11 is 0. The first-order valence-electron chi connectivity index (χ1n) is 6.33. The van der Waals surface area contributed by atoms with Crippen LogP contribution in [0.2, 0.25) is 0 Å². The minimum Gasteiger partial charge on any atom is -0.466 e. The van der Waals surface area contributed by atoms with E-state index in [9.17, 15) is 5.11 Å². The minimum atomic E-state index is -1.04. The van der Waals surface area contributed by atoms with Gasteiger partial charge >= 0.3 is 0 Å². The van der Waals surface area contributed by atoms with Gasteiger partial charge in [-0.05, 0) is 37.8 Å². The van der Waals surface area contributed by atoms with Crippen LogP contribution in [0.1, 0.15) is 25.5 Å². The number of nitrogens with zero attached hydrogens (tertiary/aromatic N) is 1. The molecule has 0 saturated heterocycles. The molecular weight excluding hydrogens is 230 g/mol. The van der Waals surface area contributed by atoms with Crippen molar-refractivity contribution in [2.24, 2.45) is 10.9 Å². The monoisotopic (exact) mass is 251 g/mol. The highest BCUT2D eigenvalue weighted by Crippen LogP contribution is 2.27. The Morgan fingerprint density at radius 2 is 2.33 bits per heavy atom. The second-order valence-electron chi connectivity index (χ2n) is 5.00. The van der Waals surface area contributed by atoms with Crippen LogP contribution in [0.5, 0.6) is 0 Å². The maximum Gasteiger partial charge on any atom is 0.191 e. The minimum absolute atomic E-state index is 0.352. The van der Waals surface area contributed by atoms with Crippen molar-refractivity contribution in [1.82, 2.24) is 10.6 Å². The van der Waals surface area contributed by atoms with Gasteiger partial charge in [-0.1, -0.05) is 0 Å². The highest BCUT2D eigenvalue weighted by atomic mass is 16.4. The SMILES string of the molecule is CN=C(NCC1CC1)NCC(C)(O)c1ccco1. The summed E-state index contributed by atoms with van der Waals surface area (Å²) in [6, 6.07) is 3.53. The van der Waals surface area contributed by atoms with Crippen molar-refractivity contribution in [3.63, 3.8) is 0 Å². The number of nitrogens with one attached hydrogen (secondary N) is 2. The Balaban J connectivity index is 1.81. The van der Waals surface area contributed by atoms with Gasteiger partial charge in [0.05, 0.1) is 12.8 Å². The van der Waals surface area contributed by atoms with Gasteiger partial charge in [-0.2, -0.15) is 0 Å². The number of hydrogen-bond acceptors (Lipinski definition) is 3. The Labute approximate surface area is 107 Å². The zero-order valence-electron chi connectivity index (χ0n) is 10.9. The molecule has 3 N–H and O–H groups in total. The van der Waals surface area contributed by atoms with Crippen LogP contribution >= 0.6 is 0 Å². The van der Waals surface area contributed by atoms with E-state index in [1.807, 2.05) is 0 Å². The quantitative estimate of drug-likeness (QED) is 0.540. The van der Waals surface area contributed by atoms with Crippen molar-refractivity contribution in [1.29, 1.82) is 0 Å². The van der Waals surface area contributed by atoms with Crippen LogP contribution in [-0.4, -0.2) is 31.2 Å². The lowest BCUT2D eigenvalue weighted by atomic mass is 10.0. The van der Waals surface area contributed by atoms with Crippen LogP contribution in [0.25, 0.3) is 0 Å². The topological polar surface area (TPSA) is 69.8 Å². The second-order valence-corrected chi connectivity index (χ2v) is 5.00. The van der Waals surface area contributed by atoms with Crippen LogP contribution in [0.3, 0.4) is 0 Å². The van der Waals surface area contributed by atoms with Gasteiger partial charge in [0.1, 0.15) is 11.4 Å². The smallest absolute Gasteiger partial charge is 0.191 e. The molecule has 0 radical (unpaired) electrons. The van der Waals surface area contributed by atoms with Gasteiger partial charge in [0.15, 0.2) is 5.96 Å². The lowest BCUT2D eigenvalue weighted by Gasteiger charge is -2.22. The molecule has 1 aliphatic rings. The normalized spacial score (nSPS) is 19.4. The van der Waals surface area contributed by atoms with E-state index in [0.717, 1.165) is 12.5 Å². The van der Waals surface area contributed by atoms with E-state index in [1.165, 1.54) is 12.8 Å².